The molecular formula is C19H28O3. The van der Waals surface area contributed by atoms with Crippen molar-refractivity contribution in [3.63, 3.8) is 0 Å². The number of benzene rings is 1. The highest BCUT2D eigenvalue weighted by atomic mass is 16.6. The van der Waals surface area contributed by atoms with E-state index < -0.39 is 5.60 Å². The molecule has 1 aromatic rings. The topological polar surface area (TPSA) is 35.5 Å². The molecule has 2 rings (SSSR count). The van der Waals surface area contributed by atoms with E-state index in [-0.39, 0.29) is 23.4 Å². The van der Waals surface area contributed by atoms with Gasteiger partial charge in [0.1, 0.15) is 5.60 Å². The Labute approximate surface area is 134 Å². The van der Waals surface area contributed by atoms with Crippen LogP contribution >= 0.6 is 0 Å². The van der Waals surface area contributed by atoms with Crippen molar-refractivity contribution in [1.29, 1.82) is 0 Å². The second kappa shape index (κ2) is 5.38. The molecule has 0 unspecified atom stereocenters. The summed E-state index contributed by atoms with van der Waals surface area (Å²) < 4.78 is 11.6. The predicted octanol–water partition coefficient (Wildman–Crippen LogP) is 4.11. The normalized spacial score (nSPS) is 19.4. The van der Waals surface area contributed by atoms with Crippen molar-refractivity contribution >= 4 is 5.97 Å². The maximum absolute atomic E-state index is 12.2. The maximum atomic E-state index is 12.2. The first kappa shape index (κ1) is 17.0. The van der Waals surface area contributed by atoms with E-state index in [1.807, 2.05) is 32.9 Å². The van der Waals surface area contributed by atoms with Crippen molar-refractivity contribution < 1.29 is 14.3 Å². The summed E-state index contributed by atoms with van der Waals surface area (Å²) in [5.41, 5.74) is 2.52. The maximum Gasteiger partial charge on any atom is 0.310 e. The van der Waals surface area contributed by atoms with Gasteiger partial charge in [0.25, 0.3) is 0 Å². The van der Waals surface area contributed by atoms with Gasteiger partial charge in [-0.1, -0.05) is 32.0 Å². The number of esters is 1. The van der Waals surface area contributed by atoms with Crippen LogP contribution in [0.4, 0.5) is 0 Å². The molecule has 0 fully saturated rings. The Hall–Kier alpha value is -1.35. The van der Waals surface area contributed by atoms with E-state index in [0.29, 0.717) is 6.61 Å². The van der Waals surface area contributed by atoms with Crippen LogP contribution in [-0.2, 0) is 31.7 Å². The van der Waals surface area contributed by atoms with E-state index in [1.165, 1.54) is 5.56 Å². The minimum absolute atomic E-state index is 0.0468. The molecule has 22 heavy (non-hydrogen) atoms. The summed E-state index contributed by atoms with van der Waals surface area (Å²) >= 11 is 0. The molecule has 0 amide bonds. The fraction of sp³-hybridized carbons (Fsp3) is 0.632. The average molecular weight is 304 g/mol. The number of hydrogen-bond donors (Lipinski definition) is 0. The standard InChI is InChI=1S/C19H28O3/c1-17(2,3)22-15(20)11-13-9-8-10-14-16(13)19(6,7)21-12-18(14,4)5/h8-10H,11-12H2,1-7H3. The van der Waals surface area contributed by atoms with E-state index in [4.69, 9.17) is 9.47 Å². The van der Waals surface area contributed by atoms with Gasteiger partial charge in [-0.2, -0.15) is 0 Å². The van der Waals surface area contributed by atoms with Gasteiger partial charge in [0.15, 0.2) is 0 Å². The second-order valence-corrected chi connectivity index (χ2v) is 8.29. The van der Waals surface area contributed by atoms with Crippen LogP contribution in [-0.4, -0.2) is 18.2 Å². The fourth-order valence-electron chi connectivity index (χ4n) is 3.07. The second-order valence-electron chi connectivity index (χ2n) is 8.29. The van der Waals surface area contributed by atoms with E-state index in [9.17, 15) is 4.79 Å². The van der Waals surface area contributed by atoms with Crippen molar-refractivity contribution in [3.05, 3.63) is 34.9 Å². The van der Waals surface area contributed by atoms with Gasteiger partial charge in [-0.3, -0.25) is 4.79 Å². The van der Waals surface area contributed by atoms with Crippen LogP contribution < -0.4 is 0 Å². The van der Waals surface area contributed by atoms with Crippen LogP contribution in [0.2, 0.25) is 0 Å². The summed E-state index contributed by atoms with van der Waals surface area (Å²) in [4.78, 5) is 12.2. The fourth-order valence-corrected chi connectivity index (χ4v) is 3.07. The molecule has 0 radical (unpaired) electrons. The summed E-state index contributed by atoms with van der Waals surface area (Å²) in [5.74, 6) is -0.194. The molecule has 0 aromatic heterocycles. The third-order valence-corrected chi connectivity index (χ3v) is 4.03. The monoisotopic (exact) mass is 304 g/mol. The molecule has 0 N–H and O–H groups in total. The van der Waals surface area contributed by atoms with Crippen molar-refractivity contribution in [2.75, 3.05) is 6.61 Å². The predicted molar refractivity (Wildman–Crippen MR) is 88.0 cm³/mol. The molecule has 0 bridgehead atoms. The molecule has 122 valence electrons. The molecule has 0 saturated carbocycles. The minimum Gasteiger partial charge on any atom is -0.460 e. The number of rotatable bonds is 2. The Morgan fingerprint density at radius 2 is 1.86 bits per heavy atom. The van der Waals surface area contributed by atoms with Gasteiger partial charge in [0, 0.05) is 5.41 Å². The highest BCUT2D eigenvalue weighted by molar-refractivity contribution is 5.74. The van der Waals surface area contributed by atoms with Crippen LogP contribution in [0, 0.1) is 0 Å². The van der Waals surface area contributed by atoms with Gasteiger partial charge in [0.05, 0.1) is 18.6 Å². The molecule has 3 nitrogen and oxygen atoms in total. The van der Waals surface area contributed by atoms with Crippen LogP contribution in [0.5, 0.6) is 0 Å². The summed E-state index contributed by atoms with van der Waals surface area (Å²) in [6.45, 7) is 14.9. The SMILES string of the molecule is CC(C)(C)OC(=O)Cc1cccc2c1C(C)(C)OCC2(C)C. The lowest BCUT2D eigenvalue weighted by Crippen LogP contribution is -2.41. The number of fused-ring (bicyclic) bond motifs is 1. The third-order valence-electron chi connectivity index (χ3n) is 4.03. The highest BCUT2D eigenvalue weighted by Gasteiger charge is 2.39. The minimum atomic E-state index is -0.461. The van der Waals surface area contributed by atoms with E-state index >= 15 is 0 Å². The smallest absolute Gasteiger partial charge is 0.310 e. The first-order valence-electron chi connectivity index (χ1n) is 7.91. The number of carbonyl (C=O) groups is 1. The molecule has 0 aliphatic carbocycles. The average Bonchev–Trinajstić information content (AvgIpc) is 2.32. The molecular weight excluding hydrogens is 276 g/mol. The molecule has 1 aromatic carbocycles. The number of hydrogen-bond acceptors (Lipinski definition) is 3. The lowest BCUT2D eigenvalue weighted by molar-refractivity contribution is -0.154. The van der Waals surface area contributed by atoms with Crippen molar-refractivity contribution in [3.8, 4) is 0 Å². The molecule has 0 spiro atoms. The first-order chi connectivity index (χ1) is 9.92. The zero-order valence-corrected chi connectivity index (χ0v) is 14.9. The van der Waals surface area contributed by atoms with Crippen molar-refractivity contribution in [2.45, 2.75) is 71.5 Å². The zero-order chi connectivity index (χ0) is 16.8. The Kier molecular flexibility index (Phi) is 4.16. The van der Waals surface area contributed by atoms with Crippen LogP contribution in [0.15, 0.2) is 18.2 Å². The largest absolute Gasteiger partial charge is 0.460 e. The Morgan fingerprint density at radius 1 is 1.23 bits per heavy atom. The molecule has 3 heteroatoms. The van der Waals surface area contributed by atoms with Crippen LogP contribution in [0.1, 0.15) is 65.2 Å². The molecule has 1 heterocycles. The first-order valence-corrected chi connectivity index (χ1v) is 7.91. The third kappa shape index (κ3) is 3.52. The van der Waals surface area contributed by atoms with E-state index in [0.717, 1.165) is 11.1 Å². The lowest BCUT2D eigenvalue weighted by Gasteiger charge is -2.43. The van der Waals surface area contributed by atoms with Gasteiger partial charge in [-0.05, 0) is 51.3 Å². The number of carbonyl (C=O) groups excluding carboxylic acids is 1. The van der Waals surface area contributed by atoms with Crippen LogP contribution in [0.25, 0.3) is 0 Å². The zero-order valence-electron chi connectivity index (χ0n) is 14.9. The van der Waals surface area contributed by atoms with E-state index in [1.54, 1.807) is 0 Å². The van der Waals surface area contributed by atoms with Crippen LogP contribution in [0.3, 0.4) is 0 Å². The van der Waals surface area contributed by atoms with Crippen molar-refractivity contribution in [1.82, 2.24) is 0 Å². The summed E-state index contributed by atoms with van der Waals surface area (Å²) in [7, 11) is 0. The molecule has 1 aliphatic heterocycles. The quantitative estimate of drug-likeness (QED) is 0.771. The van der Waals surface area contributed by atoms with Gasteiger partial charge < -0.3 is 9.47 Å². The summed E-state index contributed by atoms with van der Waals surface area (Å²) in [6, 6.07) is 6.19. The molecule has 1 aliphatic rings. The Bertz CT molecular complexity index is 577. The van der Waals surface area contributed by atoms with Gasteiger partial charge in [-0.15, -0.1) is 0 Å². The Balaban J connectivity index is 2.41. The van der Waals surface area contributed by atoms with Gasteiger partial charge in [-0.25, -0.2) is 0 Å². The highest BCUT2D eigenvalue weighted by Crippen LogP contribution is 2.42. The lowest BCUT2D eigenvalue weighted by atomic mass is 9.73. The summed E-state index contributed by atoms with van der Waals surface area (Å²) in [5, 5.41) is 0. The van der Waals surface area contributed by atoms with E-state index in [2.05, 4.69) is 33.8 Å². The molecule has 0 atom stereocenters. The summed E-state index contributed by atoms with van der Waals surface area (Å²) in [6.07, 6.45) is 0.281. The Morgan fingerprint density at radius 3 is 2.45 bits per heavy atom. The van der Waals surface area contributed by atoms with Crippen molar-refractivity contribution in [2.24, 2.45) is 0 Å². The van der Waals surface area contributed by atoms with Gasteiger partial charge >= 0.3 is 5.97 Å². The van der Waals surface area contributed by atoms with Gasteiger partial charge in [0.2, 0.25) is 0 Å². The molecule has 0 saturated heterocycles. The number of ether oxygens (including phenoxy) is 2.